The Morgan fingerprint density at radius 1 is 1.10 bits per heavy atom. The Hall–Kier alpha value is -3.46. The number of para-hydroxylation sites is 1. The first kappa shape index (κ1) is 21.3. The molecule has 9 heteroatoms. The van der Waals surface area contributed by atoms with Crippen molar-refractivity contribution in [3.63, 3.8) is 0 Å². The molecular weight excluding hydrogens is 454 g/mol. The van der Waals surface area contributed by atoms with Gasteiger partial charge in [-0.1, -0.05) is 34.1 Å². The summed E-state index contributed by atoms with van der Waals surface area (Å²) in [6.45, 7) is 1.35. The van der Waals surface area contributed by atoms with Gasteiger partial charge < -0.3 is 14.8 Å². The summed E-state index contributed by atoms with van der Waals surface area (Å²) in [5.74, 6) is -1.35. The summed E-state index contributed by atoms with van der Waals surface area (Å²) in [6.07, 6.45) is 0. The number of esters is 1. The maximum Gasteiger partial charge on any atom is 0.362 e. The lowest BCUT2D eigenvalue weighted by Crippen LogP contribution is -2.27. The fourth-order valence-corrected chi connectivity index (χ4v) is 2.78. The van der Waals surface area contributed by atoms with E-state index < -0.39 is 24.0 Å². The van der Waals surface area contributed by atoms with Gasteiger partial charge >= 0.3 is 5.97 Å². The first-order valence-corrected chi connectivity index (χ1v) is 9.82. The summed E-state index contributed by atoms with van der Waals surface area (Å²) in [4.78, 5) is 37.0. The van der Waals surface area contributed by atoms with Gasteiger partial charge in [-0.05, 0) is 43.3 Å². The molecule has 8 nitrogen and oxygen atoms in total. The van der Waals surface area contributed by atoms with Gasteiger partial charge in [0.2, 0.25) is 5.69 Å². The van der Waals surface area contributed by atoms with Crippen molar-refractivity contribution in [3.05, 3.63) is 81.2 Å². The second-order valence-corrected chi connectivity index (χ2v) is 6.92. The number of aromatic nitrogens is 2. The van der Waals surface area contributed by atoms with Crippen LogP contribution in [0.1, 0.15) is 17.4 Å². The van der Waals surface area contributed by atoms with Crippen LogP contribution in [0.3, 0.4) is 0 Å². The second kappa shape index (κ2) is 9.84. The third-order valence-corrected chi connectivity index (χ3v) is 4.38. The molecule has 2 aromatic carbocycles. The number of carbonyl (C=O) groups is 2. The first-order valence-electron chi connectivity index (χ1n) is 9.03. The van der Waals surface area contributed by atoms with Gasteiger partial charge in [-0.15, -0.1) is 0 Å². The predicted molar refractivity (Wildman–Crippen MR) is 114 cm³/mol. The van der Waals surface area contributed by atoms with E-state index in [9.17, 15) is 14.4 Å². The Morgan fingerprint density at radius 2 is 1.80 bits per heavy atom. The minimum absolute atomic E-state index is 0.120. The maximum absolute atomic E-state index is 12.5. The average Bonchev–Trinajstić information content (AvgIpc) is 2.74. The molecule has 3 rings (SSSR count). The molecule has 3 aromatic rings. The molecule has 1 aromatic heterocycles. The number of amides is 1. The molecule has 0 saturated carbocycles. The topological polar surface area (TPSA) is 99.5 Å². The molecule has 30 heavy (non-hydrogen) atoms. The zero-order valence-corrected chi connectivity index (χ0v) is 17.6. The SMILES string of the molecule is CCOC(=O)c1nn(-c2ccccc2)c(=O)cc1OCC(=O)Nc1ccc(Br)cc1. The number of benzene rings is 2. The Morgan fingerprint density at radius 3 is 2.47 bits per heavy atom. The summed E-state index contributed by atoms with van der Waals surface area (Å²) in [6, 6.07) is 16.7. The fourth-order valence-electron chi connectivity index (χ4n) is 2.52. The van der Waals surface area contributed by atoms with Crippen LogP contribution >= 0.6 is 15.9 Å². The minimum Gasteiger partial charge on any atom is -0.481 e. The van der Waals surface area contributed by atoms with E-state index >= 15 is 0 Å². The van der Waals surface area contributed by atoms with Gasteiger partial charge in [-0.25, -0.2) is 4.79 Å². The standard InChI is InChI=1S/C21H18BrN3O5/c1-2-29-21(28)20-17(12-19(27)25(24-20)16-6-4-3-5-7-16)30-13-18(26)23-15-10-8-14(22)9-11-15/h3-12H,2,13H2,1H3,(H,23,26). The molecular formula is C21H18BrN3O5. The van der Waals surface area contributed by atoms with Gasteiger partial charge in [0.25, 0.3) is 11.5 Å². The van der Waals surface area contributed by atoms with Crippen molar-refractivity contribution in [1.82, 2.24) is 9.78 Å². The molecule has 0 aliphatic heterocycles. The van der Waals surface area contributed by atoms with Gasteiger partial charge in [0.05, 0.1) is 18.4 Å². The van der Waals surface area contributed by atoms with Crippen molar-refractivity contribution >= 4 is 33.5 Å². The molecule has 0 atom stereocenters. The van der Waals surface area contributed by atoms with Gasteiger partial charge in [0, 0.05) is 10.2 Å². The number of halogens is 1. The normalized spacial score (nSPS) is 10.3. The Kier molecular flexibility index (Phi) is 6.97. The molecule has 1 N–H and O–H groups in total. The van der Waals surface area contributed by atoms with Crippen LogP contribution in [0, 0.1) is 0 Å². The number of ether oxygens (including phenoxy) is 2. The molecule has 1 amide bonds. The molecule has 0 bridgehead atoms. The van der Waals surface area contributed by atoms with Crippen LogP contribution in [0.25, 0.3) is 5.69 Å². The number of carbonyl (C=O) groups excluding carboxylic acids is 2. The van der Waals surface area contributed by atoms with E-state index in [0.29, 0.717) is 11.4 Å². The molecule has 0 unspecified atom stereocenters. The summed E-state index contributed by atoms with van der Waals surface area (Å²) >= 11 is 3.32. The van der Waals surface area contributed by atoms with E-state index in [1.807, 2.05) is 0 Å². The highest BCUT2D eigenvalue weighted by Crippen LogP contribution is 2.17. The van der Waals surface area contributed by atoms with Crippen LogP contribution in [0.2, 0.25) is 0 Å². The van der Waals surface area contributed by atoms with Crippen LogP contribution in [0.4, 0.5) is 5.69 Å². The predicted octanol–water partition coefficient (Wildman–Crippen LogP) is 3.19. The number of rotatable bonds is 7. The third kappa shape index (κ3) is 5.32. The zero-order valence-electron chi connectivity index (χ0n) is 16.0. The summed E-state index contributed by atoms with van der Waals surface area (Å²) in [5.41, 5.74) is 0.344. The quantitative estimate of drug-likeness (QED) is 0.531. The van der Waals surface area contributed by atoms with Crippen molar-refractivity contribution < 1.29 is 19.1 Å². The molecule has 154 valence electrons. The fraction of sp³-hybridized carbons (Fsp3) is 0.143. The smallest absolute Gasteiger partial charge is 0.362 e. The van der Waals surface area contributed by atoms with Crippen LogP contribution in [0.5, 0.6) is 5.75 Å². The van der Waals surface area contributed by atoms with Gasteiger partial charge in [-0.2, -0.15) is 9.78 Å². The highest BCUT2D eigenvalue weighted by atomic mass is 79.9. The number of nitrogens with zero attached hydrogens (tertiary/aromatic N) is 2. The van der Waals surface area contributed by atoms with Crippen LogP contribution in [0.15, 0.2) is 69.9 Å². The maximum atomic E-state index is 12.5. The Bertz CT molecular complexity index is 1100. The monoisotopic (exact) mass is 471 g/mol. The molecule has 0 saturated heterocycles. The van der Waals surface area contributed by atoms with Gasteiger partial charge in [0.1, 0.15) is 0 Å². The lowest BCUT2D eigenvalue weighted by molar-refractivity contribution is -0.118. The van der Waals surface area contributed by atoms with Crippen molar-refractivity contribution in [1.29, 1.82) is 0 Å². The zero-order chi connectivity index (χ0) is 21.5. The molecule has 0 aliphatic rings. The molecule has 1 heterocycles. The highest BCUT2D eigenvalue weighted by Gasteiger charge is 2.20. The molecule has 0 fully saturated rings. The number of anilines is 1. The van der Waals surface area contributed by atoms with Gasteiger partial charge in [0.15, 0.2) is 12.4 Å². The van der Waals surface area contributed by atoms with Crippen molar-refractivity contribution in [2.75, 3.05) is 18.5 Å². The van der Waals surface area contributed by atoms with E-state index in [1.165, 1.54) is 0 Å². The summed E-state index contributed by atoms with van der Waals surface area (Å²) in [7, 11) is 0. The number of hydrogen-bond donors (Lipinski definition) is 1. The lowest BCUT2D eigenvalue weighted by atomic mass is 10.3. The van der Waals surface area contributed by atoms with Crippen LogP contribution in [-0.2, 0) is 9.53 Å². The van der Waals surface area contributed by atoms with Crippen molar-refractivity contribution in [2.24, 2.45) is 0 Å². The van der Waals surface area contributed by atoms with E-state index in [1.54, 1.807) is 61.5 Å². The van der Waals surface area contributed by atoms with E-state index in [0.717, 1.165) is 15.2 Å². The average molecular weight is 472 g/mol. The van der Waals surface area contributed by atoms with Crippen molar-refractivity contribution in [2.45, 2.75) is 6.92 Å². The van der Waals surface area contributed by atoms with Crippen LogP contribution in [-0.4, -0.2) is 34.9 Å². The summed E-state index contributed by atoms with van der Waals surface area (Å²) in [5, 5.41) is 6.76. The van der Waals surface area contributed by atoms with E-state index in [2.05, 4.69) is 26.3 Å². The largest absolute Gasteiger partial charge is 0.481 e. The van der Waals surface area contributed by atoms with Crippen molar-refractivity contribution in [3.8, 4) is 11.4 Å². The Balaban J connectivity index is 1.83. The molecule has 0 spiro atoms. The van der Waals surface area contributed by atoms with E-state index in [4.69, 9.17) is 9.47 Å². The lowest BCUT2D eigenvalue weighted by Gasteiger charge is -2.12. The number of hydrogen-bond acceptors (Lipinski definition) is 6. The molecule has 0 aliphatic carbocycles. The Labute approximate surface area is 180 Å². The number of nitrogens with one attached hydrogen (secondary N) is 1. The highest BCUT2D eigenvalue weighted by molar-refractivity contribution is 9.10. The molecule has 0 radical (unpaired) electrons. The van der Waals surface area contributed by atoms with Gasteiger partial charge in [-0.3, -0.25) is 9.59 Å². The van der Waals surface area contributed by atoms with Crippen LogP contribution < -0.4 is 15.6 Å². The third-order valence-electron chi connectivity index (χ3n) is 3.85. The second-order valence-electron chi connectivity index (χ2n) is 6.01. The summed E-state index contributed by atoms with van der Waals surface area (Å²) < 4.78 is 12.4. The van der Waals surface area contributed by atoms with E-state index in [-0.39, 0.29) is 18.1 Å². The first-order chi connectivity index (χ1) is 14.5. The minimum atomic E-state index is -0.759.